The van der Waals surface area contributed by atoms with E-state index in [4.69, 9.17) is 4.74 Å². The van der Waals surface area contributed by atoms with E-state index in [9.17, 15) is 4.79 Å². The number of rotatable bonds is 4. The average Bonchev–Trinajstić information content (AvgIpc) is 2.83. The summed E-state index contributed by atoms with van der Waals surface area (Å²) in [5, 5.41) is 6.60. The quantitative estimate of drug-likeness (QED) is 0.412. The van der Waals surface area contributed by atoms with E-state index in [0.717, 1.165) is 26.2 Å². The smallest absolute Gasteiger partial charge is 0.243 e. The second-order valence-electron chi connectivity index (χ2n) is 6.44. The normalized spacial score (nSPS) is 18.9. The number of hydrogen-bond donors (Lipinski definition) is 2. The van der Waals surface area contributed by atoms with Crippen LogP contribution in [-0.4, -0.2) is 62.7 Å². The molecule has 124 valence electrons. The fourth-order valence-corrected chi connectivity index (χ4v) is 1.77. The standard InChI is InChI=1S/C14H28N4O2.HI/c1-14(2,3)17-13(16-9-12(19)18(4)5)15-8-11-6-7-20-10-11;/h11H,6-10H2,1-5H3,(H2,15,16,17);1H. The maximum absolute atomic E-state index is 11.6. The number of guanidine groups is 1. The lowest BCUT2D eigenvalue weighted by atomic mass is 10.1. The molecule has 1 fully saturated rings. The molecule has 1 heterocycles. The first-order valence-corrected chi connectivity index (χ1v) is 7.12. The van der Waals surface area contributed by atoms with Crippen LogP contribution in [0, 0.1) is 5.92 Å². The zero-order chi connectivity index (χ0) is 15.2. The van der Waals surface area contributed by atoms with Gasteiger partial charge in [0, 0.05) is 38.7 Å². The van der Waals surface area contributed by atoms with Gasteiger partial charge in [-0.1, -0.05) is 0 Å². The summed E-state index contributed by atoms with van der Waals surface area (Å²) in [5.74, 6) is 1.19. The summed E-state index contributed by atoms with van der Waals surface area (Å²) in [4.78, 5) is 17.5. The average molecular weight is 412 g/mol. The topological polar surface area (TPSA) is 66.0 Å². The van der Waals surface area contributed by atoms with Crippen LogP contribution in [0.2, 0.25) is 0 Å². The first kappa shape index (κ1) is 20.4. The van der Waals surface area contributed by atoms with Crippen molar-refractivity contribution in [1.82, 2.24) is 15.5 Å². The Morgan fingerprint density at radius 2 is 2.05 bits per heavy atom. The van der Waals surface area contributed by atoms with Crippen LogP contribution in [0.1, 0.15) is 27.2 Å². The van der Waals surface area contributed by atoms with Crippen molar-refractivity contribution in [2.45, 2.75) is 32.7 Å². The van der Waals surface area contributed by atoms with Crippen LogP contribution in [0.25, 0.3) is 0 Å². The molecule has 0 radical (unpaired) electrons. The fraction of sp³-hybridized carbons (Fsp3) is 0.857. The Kier molecular flexibility index (Phi) is 9.19. The van der Waals surface area contributed by atoms with E-state index in [0.29, 0.717) is 11.9 Å². The Hall–Kier alpha value is -0.570. The van der Waals surface area contributed by atoms with Gasteiger partial charge in [0.2, 0.25) is 5.91 Å². The van der Waals surface area contributed by atoms with E-state index in [1.807, 2.05) is 0 Å². The number of nitrogens with one attached hydrogen (secondary N) is 2. The van der Waals surface area contributed by atoms with Crippen molar-refractivity contribution in [3.05, 3.63) is 0 Å². The predicted molar refractivity (Wildman–Crippen MR) is 96.2 cm³/mol. The Labute approximate surface area is 145 Å². The molecule has 0 saturated carbocycles. The molecule has 1 amide bonds. The molecule has 1 aliphatic heterocycles. The number of amides is 1. The molecule has 0 aromatic carbocycles. The molecule has 0 aliphatic carbocycles. The molecule has 0 bridgehead atoms. The molecule has 0 spiro atoms. The number of hydrogen-bond acceptors (Lipinski definition) is 3. The van der Waals surface area contributed by atoms with Gasteiger partial charge in [-0.05, 0) is 27.2 Å². The highest BCUT2D eigenvalue weighted by Crippen LogP contribution is 2.10. The number of carbonyl (C=O) groups is 1. The minimum Gasteiger partial charge on any atom is -0.381 e. The first-order chi connectivity index (χ1) is 9.28. The molecule has 1 rings (SSSR count). The Bertz CT molecular complexity index is 347. The molecule has 1 aliphatic rings. The maximum atomic E-state index is 11.6. The SMILES string of the molecule is CN(C)C(=O)CN=C(NCC1CCOC1)NC(C)(C)C.I. The van der Waals surface area contributed by atoms with Gasteiger partial charge in [0.05, 0.1) is 6.61 Å². The second kappa shape index (κ2) is 9.45. The van der Waals surface area contributed by atoms with Crippen molar-refractivity contribution < 1.29 is 9.53 Å². The minimum atomic E-state index is -0.0980. The van der Waals surface area contributed by atoms with E-state index >= 15 is 0 Å². The molecule has 0 aromatic heterocycles. The Balaban J connectivity index is 0.00000400. The molecule has 6 nitrogen and oxygen atoms in total. The highest BCUT2D eigenvalue weighted by atomic mass is 127. The van der Waals surface area contributed by atoms with Gasteiger partial charge in [-0.3, -0.25) is 4.79 Å². The molecule has 21 heavy (non-hydrogen) atoms. The lowest BCUT2D eigenvalue weighted by Crippen LogP contribution is -2.49. The molecule has 7 heteroatoms. The number of halogens is 1. The van der Waals surface area contributed by atoms with Gasteiger partial charge in [0.15, 0.2) is 5.96 Å². The van der Waals surface area contributed by atoms with Crippen LogP contribution in [0.5, 0.6) is 0 Å². The molecule has 1 unspecified atom stereocenters. The summed E-state index contributed by atoms with van der Waals surface area (Å²) in [6.45, 7) is 8.80. The second-order valence-corrected chi connectivity index (χ2v) is 6.44. The van der Waals surface area contributed by atoms with Crippen LogP contribution in [-0.2, 0) is 9.53 Å². The first-order valence-electron chi connectivity index (χ1n) is 7.12. The van der Waals surface area contributed by atoms with E-state index in [1.165, 1.54) is 0 Å². The van der Waals surface area contributed by atoms with Gasteiger partial charge >= 0.3 is 0 Å². The third-order valence-electron chi connectivity index (χ3n) is 2.95. The highest BCUT2D eigenvalue weighted by molar-refractivity contribution is 14.0. The van der Waals surface area contributed by atoms with Gasteiger partial charge in [-0.2, -0.15) is 0 Å². The van der Waals surface area contributed by atoms with Crippen molar-refractivity contribution >= 4 is 35.8 Å². The zero-order valence-electron chi connectivity index (χ0n) is 13.7. The predicted octanol–water partition coefficient (Wildman–Crippen LogP) is 1.06. The largest absolute Gasteiger partial charge is 0.381 e. The van der Waals surface area contributed by atoms with E-state index in [2.05, 4.69) is 36.4 Å². The van der Waals surface area contributed by atoms with Crippen molar-refractivity contribution in [3.8, 4) is 0 Å². The van der Waals surface area contributed by atoms with Crippen LogP contribution in [0.4, 0.5) is 0 Å². The zero-order valence-corrected chi connectivity index (χ0v) is 16.1. The van der Waals surface area contributed by atoms with E-state index in [1.54, 1.807) is 19.0 Å². The summed E-state index contributed by atoms with van der Waals surface area (Å²) < 4.78 is 5.36. The summed E-state index contributed by atoms with van der Waals surface area (Å²) in [7, 11) is 3.47. The summed E-state index contributed by atoms with van der Waals surface area (Å²) >= 11 is 0. The third-order valence-corrected chi connectivity index (χ3v) is 2.95. The molecule has 0 aromatic rings. The van der Waals surface area contributed by atoms with Gasteiger partial charge in [-0.15, -0.1) is 24.0 Å². The number of ether oxygens (including phenoxy) is 1. The van der Waals surface area contributed by atoms with Crippen molar-refractivity contribution in [1.29, 1.82) is 0 Å². The van der Waals surface area contributed by atoms with Crippen molar-refractivity contribution in [3.63, 3.8) is 0 Å². The van der Waals surface area contributed by atoms with E-state index < -0.39 is 0 Å². The number of aliphatic imine (C=N–C) groups is 1. The van der Waals surface area contributed by atoms with E-state index in [-0.39, 0.29) is 42.0 Å². The molecular formula is C14H29IN4O2. The maximum Gasteiger partial charge on any atom is 0.243 e. The van der Waals surface area contributed by atoms with Crippen LogP contribution < -0.4 is 10.6 Å². The molecular weight excluding hydrogens is 383 g/mol. The monoisotopic (exact) mass is 412 g/mol. The van der Waals surface area contributed by atoms with Gasteiger partial charge < -0.3 is 20.3 Å². The summed E-state index contributed by atoms with van der Waals surface area (Å²) in [5.41, 5.74) is -0.0980. The van der Waals surface area contributed by atoms with Crippen LogP contribution in [0.15, 0.2) is 4.99 Å². The highest BCUT2D eigenvalue weighted by Gasteiger charge is 2.18. The number of likely N-dealkylation sites (N-methyl/N-ethyl adjacent to an activating group) is 1. The lowest BCUT2D eigenvalue weighted by Gasteiger charge is -2.25. The number of nitrogens with zero attached hydrogens (tertiary/aromatic N) is 2. The Morgan fingerprint density at radius 1 is 1.38 bits per heavy atom. The summed E-state index contributed by atoms with van der Waals surface area (Å²) in [6, 6.07) is 0. The third kappa shape index (κ3) is 9.13. The Morgan fingerprint density at radius 3 is 2.52 bits per heavy atom. The van der Waals surface area contributed by atoms with Crippen molar-refractivity contribution in [2.75, 3.05) is 40.4 Å². The molecule has 1 atom stereocenters. The summed E-state index contributed by atoms with van der Waals surface area (Å²) in [6.07, 6.45) is 1.08. The van der Waals surface area contributed by atoms with Crippen LogP contribution in [0.3, 0.4) is 0 Å². The van der Waals surface area contributed by atoms with Gasteiger partial charge in [0.25, 0.3) is 0 Å². The molecule has 1 saturated heterocycles. The van der Waals surface area contributed by atoms with Crippen molar-refractivity contribution in [2.24, 2.45) is 10.9 Å². The fourth-order valence-electron chi connectivity index (χ4n) is 1.77. The lowest BCUT2D eigenvalue weighted by molar-refractivity contribution is -0.127. The van der Waals surface area contributed by atoms with Gasteiger partial charge in [0.1, 0.15) is 6.54 Å². The van der Waals surface area contributed by atoms with Crippen LogP contribution >= 0.6 is 24.0 Å². The number of carbonyl (C=O) groups excluding carboxylic acids is 1. The minimum absolute atomic E-state index is 0. The van der Waals surface area contributed by atoms with Gasteiger partial charge in [-0.25, -0.2) is 4.99 Å². The molecule has 2 N–H and O–H groups in total.